The second-order valence-electron chi connectivity index (χ2n) is 4.73. The Morgan fingerprint density at radius 3 is 2.78 bits per heavy atom. The van der Waals surface area contributed by atoms with E-state index in [1.165, 1.54) is 5.56 Å². The first kappa shape index (κ1) is 12.1. The van der Waals surface area contributed by atoms with Gasteiger partial charge in [0, 0.05) is 27.1 Å². The quantitative estimate of drug-likeness (QED) is 0.814. The molecule has 1 heterocycles. The van der Waals surface area contributed by atoms with Crippen LogP contribution in [-0.2, 0) is 11.2 Å². The first-order chi connectivity index (χ1) is 8.74. The molecule has 0 saturated heterocycles. The molecule has 1 saturated carbocycles. The van der Waals surface area contributed by atoms with Crippen molar-refractivity contribution in [3.05, 3.63) is 56.7 Å². The highest BCUT2D eigenvalue weighted by atomic mass is 79.9. The van der Waals surface area contributed by atoms with Crippen molar-refractivity contribution in [2.24, 2.45) is 5.92 Å². The molecule has 0 radical (unpaired) electrons. The average Bonchev–Trinajstić information content (AvgIpc) is 3.09. The summed E-state index contributed by atoms with van der Waals surface area (Å²) < 4.78 is 1.07. The van der Waals surface area contributed by atoms with Crippen LogP contribution in [0.4, 0.5) is 0 Å². The largest absolute Gasteiger partial charge is 0.299 e. The number of ketones is 1. The molecule has 2 unspecified atom stereocenters. The van der Waals surface area contributed by atoms with E-state index in [0.29, 0.717) is 18.1 Å². The van der Waals surface area contributed by atoms with Crippen molar-refractivity contribution in [1.82, 2.24) is 0 Å². The molecule has 1 aromatic carbocycles. The molecule has 1 aliphatic carbocycles. The molecule has 0 bridgehead atoms. The van der Waals surface area contributed by atoms with E-state index in [1.807, 2.05) is 29.6 Å². The molecule has 0 N–H and O–H groups in total. The van der Waals surface area contributed by atoms with E-state index in [9.17, 15) is 4.79 Å². The van der Waals surface area contributed by atoms with Crippen LogP contribution in [-0.4, -0.2) is 5.78 Å². The van der Waals surface area contributed by atoms with Crippen molar-refractivity contribution in [1.29, 1.82) is 0 Å². The van der Waals surface area contributed by atoms with Gasteiger partial charge >= 0.3 is 0 Å². The second-order valence-corrected chi connectivity index (χ2v) is 6.65. The Bertz CT molecular complexity index is 561. The number of rotatable bonds is 4. The maximum absolute atomic E-state index is 12.2. The lowest BCUT2D eigenvalue weighted by molar-refractivity contribution is -0.119. The van der Waals surface area contributed by atoms with Crippen LogP contribution in [0.1, 0.15) is 22.8 Å². The topological polar surface area (TPSA) is 17.1 Å². The van der Waals surface area contributed by atoms with Crippen molar-refractivity contribution in [3.63, 3.8) is 0 Å². The predicted molar refractivity (Wildman–Crippen MR) is 78.0 cm³/mol. The third-order valence-electron chi connectivity index (χ3n) is 3.40. The van der Waals surface area contributed by atoms with Gasteiger partial charge in [-0.1, -0.05) is 30.3 Å². The number of thiophene rings is 1. The van der Waals surface area contributed by atoms with E-state index in [0.717, 1.165) is 15.8 Å². The fourth-order valence-corrected chi connectivity index (χ4v) is 3.83. The highest BCUT2D eigenvalue weighted by Crippen LogP contribution is 2.48. The Morgan fingerprint density at radius 1 is 1.33 bits per heavy atom. The van der Waals surface area contributed by atoms with Gasteiger partial charge in [-0.25, -0.2) is 0 Å². The van der Waals surface area contributed by atoms with Crippen molar-refractivity contribution in [2.45, 2.75) is 18.8 Å². The highest BCUT2D eigenvalue weighted by molar-refractivity contribution is 9.10. The summed E-state index contributed by atoms with van der Waals surface area (Å²) in [4.78, 5) is 13.3. The molecular weight excluding hydrogens is 308 g/mol. The van der Waals surface area contributed by atoms with Gasteiger partial charge < -0.3 is 0 Å². The summed E-state index contributed by atoms with van der Waals surface area (Å²) in [5.41, 5.74) is 1.31. The fraction of sp³-hybridized carbons (Fsp3) is 0.267. The van der Waals surface area contributed by atoms with Gasteiger partial charge in [0.15, 0.2) is 0 Å². The van der Waals surface area contributed by atoms with Crippen molar-refractivity contribution < 1.29 is 4.79 Å². The van der Waals surface area contributed by atoms with Crippen LogP contribution < -0.4 is 0 Å². The van der Waals surface area contributed by atoms with Crippen LogP contribution in [0.25, 0.3) is 0 Å². The molecule has 0 amide bonds. The Kier molecular flexibility index (Phi) is 3.35. The van der Waals surface area contributed by atoms with E-state index >= 15 is 0 Å². The molecular formula is C15H13BrOS. The summed E-state index contributed by atoms with van der Waals surface area (Å²) in [6, 6.07) is 12.4. The van der Waals surface area contributed by atoms with Crippen LogP contribution in [0.2, 0.25) is 0 Å². The average molecular weight is 321 g/mol. The molecule has 3 heteroatoms. The molecule has 92 valence electrons. The van der Waals surface area contributed by atoms with E-state index in [2.05, 4.69) is 28.1 Å². The molecule has 0 aliphatic heterocycles. The van der Waals surface area contributed by atoms with Crippen molar-refractivity contribution >= 4 is 33.0 Å². The van der Waals surface area contributed by atoms with Gasteiger partial charge in [-0.2, -0.15) is 0 Å². The van der Waals surface area contributed by atoms with E-state index in [1.54, 1.807) is 11.3 Å². The Balaban J connectivity index is 1.63. The number of carbonyl (C=O) groups is 1. The summed E-state index contributed by atoms with van der Waals surface area (Å²) >= 11 is 5.07. The summed E-state index contributed by atoms with van der Waals surface area (Å²) in [6.07, 6.45) is 1.61. The third kappa shape index (κ3) is 2.57. The molecule has 0 spiro atoms. The molecule has 18 heavy (non-hydrogen) atoms. The standard InChI is InChI=1S/C15H13BrOS/c16-11-6-12(18-9-11)7-15(17)14-8-13(14)10-4-2-1-3-5-10/h1-6,9,13-14H,7-8H2. The minimum atomic E-state index is 0.244. The van der Waals surface area contributed by atoms with Gasteiger partial charge in [0.05, 0.1) is 0 Å². The molecule has 2 aromatic rings. The number of carbonyl (C=O) groups excluding carboxylic acids is 1. The number of halogens is 1. The monoisotopic (exact) mass is 320 g/mol. The van der Waals surface area contributed by atoms with Crippen LogP contribution in [0.3, 0.4) is 0 Å². The Morgan fingerprint density at radius 2 is 2.11 bits per heavy atom. The van der Waals surface area contributed by atoms with Crippen LogP contribution in [0.5, 0.6) is 0 Å². The van der Waals surface area contributed by atoms with Crippen LogP contribution in [0.15, 0.2) is 46.3 Å². The minimum absolute atomic E-state index is 0.244. The number of benzene rings is 1. The smallest absolute Gasteiger partial charge is 0.141 e. The zero-order valence-electron chi connectivity index (χ0n) is 9.80. The van der Waals surface area contributed by atoms with Gasteiger partial charge in [-0.05, 0) is 39.9 Å². The lowest BCUT2D eigenvalue weighted by atomic mass is 10.1. The van der Waals surface area contributed by atoms with E-state index in [-0.39, 0.29) is 5.92 Å². The molecule has 2 atom stereocenters. The molecule has 1 nitrogen and oxygen atoms in total. The molecule has 1 aromatic heterocycles. The molecule has 1 fully saturated rings. The van der Waals surface area contributed by atoms with Gasteiger partial charge in [-0.3, -0.25) is 4.79 Å². The first-order valence-corrected chi connectivity index (χ1v) is 7.72. The van der Waals surface area contributed by atoms with Gasteiger partial charge in [0.2, 0.25) is 0 Å². The van der Waals surface area contributed by atoms with Crippen LogP contribution >= 0.6 is 27.3 Å². The lowest BCUT2D eigenvalue weighted by Crippen LogP contribution is -2.05. The normalized spacial score (nSPS) is 21.8. The summed E-state index contributed by atoms with van der Waals surface area (Å²) in [6.45, 7) is 0. The van der Waals surface area contributed by atoms with Gasteiger partial charge in [-0.15, -0.1) is 11.3 Å². The second kappa shape index (κ2) is 4.98. The summed E-state index contributed by atoms with van der Waals surface area (Å²) in [5, 5.41) is 2.03. The fourth-order valence-electron chi connectivity index (χ4n) is 2.37. The zero-order chi connectivity index (χ0) is 12.5. The van der Waals surface area contributed by atoms with E-state index < -0.39 is 0 Å². The predicted octanol–water partition coefficient (Wildman–Crippen LogP) is 4.43. The number of hydrogen-bond donors (Lipinski definition) is 0. The minimum Gasteiger partial charge on any atom is -0.299 e. The summed E-state index contributed by atoms with van der Waals surface area (Å²) in [7, 11) is 0. The maximum atomic E-state index is 12.2. The highest BCUT2D eigenvalue weighted by Gasteiger charge is 2.43. The SMILES string of the molecule is O=C(Cc1cc(Br)cs1)C1CC1c1ccccc1. The zero-order valence-corrected chi connectivity index (χ0v) is 12.2. The first-order valence-electron chi connectivity index (χ1n) is 6.04. The number of hydrogen-bond acceptors (Lipinski definition) is 2. The van der Waals surface area contributed by atoms with Gasteiger partial charge in [0.25, 0.3) is 0 Å². The van der Waals surface area contributed by atoms with Crippen LogP contribution in [0, 0.1) is 5.92 Å². The third-order valence-corrected chi connectivity index (χ3v) is 5.10. The number of Topliss-reactive ketones (excluding diaryl/α,β-unsaturated/α-hetero) is 1. The van der Waals surface area contributed by atoms with Crippen molar-refractivity contribution in [3.8, 4) is 0 Å². The van der Waals surface area contributed by atoms with Gasteiger partial charge in [0.1, 0.15) is 5.78 Å². The van der Waals surface area contributed by atoms with Crippen molar-refractivity contribution in [2.75, 3.05) is 0 Å². The Hall–Kier alpha value is -0.930. The lowest BCUT2D eigenvalue weighted by Gasteiger charge is -1.99. The Labute approximate surface area is 119 Å². The van der Waals surface area contributed by atoms with E-state index in [4.69, 9.17) is 0 Å². The maximum Gasteiger partial charge on any atom is 0.141 e. The molecule has 3 rings (SSSR count). The molecule has 1 aliphatic rings. The summed E-state index contributed by atoms with van der Waals surface area (Å²) in [5.74, 6) is 1.09.